The van der Waals surface area contributed by atoms with Gasteiger partial charge in [-0.25, -0.2) is 0 Å². The third kappa shape index (κ3) is 4.98. The highest BCUT2D eigenvalue weighted by Gasteiger charge is 2.62. The molecule has 3 fully saturated rings. The Labute approximate surface area is 351 Å². The molecule has 0 aliphatic heterocycles. The van der Waals surface area contributed by atoms with Crippen molar-refractivity contribution < 1.29 is 0 Å². The molecule has 13 rings (SSSR count). The number of hydrogen-bond acceptors (Lipinski definition) is 3. The second-order valence-electron chi connectivity index (χ2n) is 18.3. The molecule has 0 N–H and O–H groups in total. The highest BCUT2D eigenvalue weighted by atomic mass is 32.1. The highest BCUT2D eigenvalue weighted by molar-refractivity contribution is 7.25. The molecule has 5 aliphatic rings. The van der Waals surface area contributed by atoms with Crippen LogP contribution in [0.15, 0.2) is 164 Å². The van der Waals surface area contributed by atoms with Gasteiger partial charge in [0, 0.05) is 48.3 Å². The number of anilines is 6. The Hall–Kier alpha value is -5.64. The molecule has 5 aliphatic carbocycles. The second kappa shape index (κ2) is 13.2. The SMILES string of the molecule is c1ccc(N(c2ccc3c(c2)sc2ccccc23)c2cccc3c2C24c5c(cccc5N(c5ccccc5)c5ccccc5C5CC6CCC5C6)CC2CCC4C3)cc1. The highest BCUT2D eigenvalue weighted by Crippen LogP contribution is 2.69. The number of para-hydroxylation sites is 3. The minimum absolute atomic E-state index is 0.0823. The molecule has 3 saturated carbocycles. The van der Waals surface area contributed by atoms with Crippen LogP contribution in [-0.4, -0.2) is 0 Å². The van der Waals surface area contributed by atoms with E-state index in [-0.39, 0.29) is 5.41 Å². The Morgan fingerprint density at radius 2 is 1.07 bits per heavy atom. The van der Waals surface area contributed by atoms with Crippen LogP contribution in [0.3, 0.4) is 0 Å². The molecule has 2 bridgehead atoms. The molecular formula is C56H48N2S. The molecule has 1 aromatic heterocycles. The summed E-state index contributed by atoms with van der Waals surface area (Å²) >= 11 is 1.91. The van der Waals surface area contributed by atoms with E-state index in [4.69, 9.17) is 0 Å². The molecule has 8 aromatic rings. The summed E-state index contributed by atoms with van der Waals surface area (Å²) in [4.78, 5) is 5.31. The van der Waals surface area contributed by atoms with Crippen molar-refractivity contribution in [3.8, 4) is 0 Å². The van der Waals surface area contributed by atoms with E-state index >= 15 is 0 Å². The molecule has 0 amide bonds. The van der Waals surface area contributed by atoms with Gasteiger partial charge in [-0.15, -0.1) is 11.3 Å². The van der Waals surface area contributed by atoms with Gasteiger partial charge < -0.3 is 9.80 Å². The van der Waals surface area contributed by atoms with Crippen molar-refractivity contribution in [3.05, 3.63) is 192 Å². The van der Waals surface area contributed by atoms with Crippen molar-refractivity contribution in [1.29, 1.82) is 0 Å². The van der Waals surface area contributed by atoms with E-state index in [0.29, 0.717) is 17.8 Å². The van der Waals surface area contributed by atoms with E-state index in [1.807, 2.05) is 11.3 Å². The predicted octanol–water partition coefficient (Wildman–Crippen LogP) is 15.3. The smallest absolute Gasteiger partial charge is 0.0505 e. The molecular weight excluding hydrogens is 733 g/mol. The first-order valence-corrected chi connectivity index (χ1v) is 23.0. The van der Waals surface area contributed by atoms with E-state index in [1.54, 1.807) is 22.3 Å². The fourth-order valence-corrected chi connectivity index (χ4v) is 14.6. The Morgan fingerprint density at radius 1 is 0.458 bits per heavy atom. The van der Waals surface area contributed by atoms with E-state index in [1.165, 1.54) is 98.4 Å². The topological polar surface area (TPSA) is 6.48 Å². The fourth-order valence-electron chi connectivity index (χ4n) is 13.5. The summed E-state index contributed by atoms with van der Waals surface area (Å²) < 4.78 is 2.69. The molecule has 0 saturated heterocycles. The van der Waals surface area contributed by atoms with Gasteiger partial charge in [0.2, 0.25) is 0 Å². The summed E-state index contributed by atoms with van der Waals surface area (Å²) in [6.45, 7) is 0. The number of rotatable bonds is 7. The summed E-state index contributed by atoms with van der Waals surface area (Å²) in [5.74, 6) is 3.46. The first kappa shape index (κ1) is 34.2. The summed E-state index contributed by atoms with van der Waals surface area (Å²) in [5, 5.41) is 2.69. The minimum Gasteiger partial charge on any atom is -0.310 e. The van der Waals surface area contributed by atoms with Gasteiger partial charge in [-0.1, -0.05) is 110 Å². The third-order valence-corrected chi connectivity index (χ3v) is 16.7. The van der Waals surface area contributed by atoms with Crippen LogP contribution < -0.4 is 9.80 Å². The maximum Gasteiger partial charge on any atom is 0.0505 e. The molecule has 7 aromatic carbocycles. The van der Waals surface area contributed by atoms with Gasteiger partial charge in [0.15, 0.2) is 0 Å². The zero-order chi connectivity index (χ0) is 38.7. The van der Waals surface area contributed by atoms with Gasteiger partial charge in [0.1, 0.15) is 0 Å². The second-order valence-corrected chi connectivity index (χ2v) is 19.4. The van der Waals surface area contributed by atoms with Crippen LogP contribution >= 0.6 is 11.3 Å². The summed E-state index contributed by atoms with van der Waals surface area (Å²) in [7, 11) is 0. The quantitative estimate of drug-likeness (QED) is 0.159. The predicted molar refractivity (Wildman–Crippen MR) is 248 cm³/mol. The van der Waals surface area contributed by atoms with Crippen molar-refractivity contribution in [1.82, 2.24) is 0 Å². The average Bonchev–Trinajstić information content (AvgIpc) is 4.15. The van der Waals surface area contributed by atoms with E-state index in [0.717, 1.165) is 24.7 Å². The molecule has 288 valence electrons. The van der Waals surface area contributed by atoms with E-state index in [9.17, 15) is 0 Å². The Bertz CT molecular complexity index is 2900. The first-order chi connectivity index (χ1) is 29.2. The zero-order valence-electron chi connectivity index (χ0n) is 33.4. The largest absolute Gasteiger partial charge is 0.310 e. The molecule has 6 unspecified atom stereocenters. The summed E-state index contributed by atoms with van der Waals surface area (Å²) in [5.41, 5.74) is 15.6. The summed E-state index contributed by atoms with van der Waals surface area (Å²) in [6, 6.07) is 62.7. The number of fused-ring (bicyclic) bond motifs is 7. The lowest BCUT2D eigenvalue weighted by Gasteiger charge is -2.40. The lowest BCUT2D eigenvalue weighted by atomic mass is 9.68. The van der Waals surface area contributed by atoms with Crippen LogP contribution in [0.4, 0.5) is 34.1 Å². The van der Waals surface area contributed by atoms with E-state index in [2.05, 4.69) is 174 Å². The van der Waals surface area contributed by atoms with Gasteiger partial charge in [-0.3, -0.25) is 0 Å². The van der Waals surface area contributed by atoms with Gasteiger partial charge in [0.25, 0.3) is 0 Å². The van der Waals surface area contributed by atoms with Crippen LogP contribution in [0.25, 0.3) is 20.2 Å². The first-order valence-electron chi connectivity index (χ1n) is 22.2. The van der Waals surface area contributed by atoms with Crippen molar-refractivity contribution in [2.24, 2.45) is 23.7 Å². The Morgan fingerprint density at radius 3 is 1.76 bits per heavy atom. The van der Waals surface area contributed by atoms with Crippen LogP contribution in [0.5, 0.6) is 0 Å². The Balaban J connectivity index is 1.04. The Kier molecular flexibility index (Phi) is 7.65. The molecule has 6 atom stereocenters. The average molecular weight is 781 g/mol. The minimum atomic E-state index is -0.0823. The molecule has 0 radical (unpaired) electrons. The third-order valence-electron chi connectivity index (χ3n) is 15.6. The molecule has 1 heterocycles. The number of thiophene rings is 1. The maximum atomic E-state index is 2.71. The molecule has 1 spiro atoms. The van der Waals surface area contributed by atoms with Crippen LogP contribution in [-0.2, 0) is 18.3 Å². The van der Waals surface area contributed by atoms with Crippen molar-refractivity contribution in [2.75, 3.05) is 9.80 Å². The molecule has 59 heavy (non-hydrogen) atoms. The van der Waals surface area contributed by atoms with E-state index < -0.39 is 0 Å². The lowest BCUT2D eigenvalue weighted by Crippen LogP contribution is -2.34. The fraction of sp³-hybridized carbons (Fsp3) is 0.250. The zero-order valence-corrected chi connectivity index (χ0v) is 34.3. The van der Waals surface area contributed by atoms with Crippen LogP contribution in [0.1, 0.15) is 72.3 Å². The van der Waals surface area contributed by atoms with Crippen molar-refractivity contribution >= 4 is 65.6 Å². The number of hydrogen-bond donors (Lipinski definition) is 0. The van der Waals surface area contributed by atoms with Crippen LogP contribution in [0.2, 0.25) is 0 Å². The number of benzene rings is 7. The van der Waals surface area contributed by atoms with Gasteiger partial charge >= 0.3 is 0 Å². The summed E-state index contributed by atoms with van der Waals surface area (Å²) in [6.07, 6.45) is 10.4. The maximum absolute atomic E-state index is 2.71. The monoisotopic (exact) mass is 780 g/mol. The van der Waals surface area contributed by atoms with Gasteiger partial charge in [-0.05, 0) is 163 Å². The van der Waals surface area contributed by atoms with Crippen molar-refractivity contribution in [2.45, 2.75) is 62.7 Å². The van der Waals surface area contributed by atoms with Crippen molar-refractivity contribution in [3.63, 3.8) is 0 Å². The van der Waals surface area contributed by atoms with Gasteiger partial charge in [-0.2, -0.15) is 0 Å². The van der Waals surface area contributed by atoms with Gasteiger partial charge in [0.05, 0.1) is 11.4 Å². The molecule has 3 heteroatoms. The normalized spacial score (nSPS) is 24.6. The van der Waals surface area contributed by atoms with Crippen LogP contribution in [0, 0.1) is 23.7 Å². The standard InChI is InChI=1S/C56H48N2S/c1-3-15-42(16-4-1)57(44-29-30-47-46-20-8-10-24-52(46)59-53(47)35-44)50-22-11-13-38-33-40-27-28-41-34-39-14-12-23-51(55(39)56(40,41)54(38)50)58(43-17-5-2-6-18-43)49-21-9-7-19-45(49)48-32-36-25-26-37(48)31-36/h1-24,29-30,35-37,40-41,48H,25-28,31-34H2. The lowest BCUT2D eigenvalue weighted by molar-refractivity contribution is 0.350. The molecule has 2 nitrogen and oxygen atoms in total. The number of nitrogens with zero attached hydrogens (tertiary/aromatic N) is 2.